The Morgan fingerprint density at radius 3 is 2.47 bits per heavy atom. The van der Waals surface area contributed by atoms with Crippen molar-refractivity contribution in [2.24, 2.45) is 11.7 Å². The molecule has 2 N–H and O–H groups in total. The van der Waals surface area contributed by atoms with Crippen LogP contribution in [0, 0.1) is 11.7 Å². The van der Waals surface area contributed by atoms with Gasteiger partial charge in [-0.2, -0.15) is 0 Å². The number of benzene rings is 2. The third kappa shape index (κ3) is 5.03. The number of rotatable bonds is 7. The number of nitrogens with two attached hydrogens (primary N) is 1. The van der Waals surface area contributed by atoms with Gasteiger partial charge in [0.05, 0.1) is 0 Å². The number of halogens is 1. The number of primary amides is 1. The predicted molar refractivity (Wildman–Crippen MR) is 130 cm³/mol. The molecular weight excluding hydrogens is 453 g/mol. The van der Waals surface area contributed by atoms with Crippen molar-refractivity contribution in [2.75, 3.05) is 14.1 Å². The van der Waals surface area contributed by atoms with Crippen LogP contribution in [0.4, 0.5) is 4.39 Å². The first-order chi connectivity index (χ1) is 16.3. The molecule has 6 nitrogen and oxygen atoms in total. The van der Waals surface area contributed by atoms with Crippen LogP contribution >= 0.6 is 11.3 Å². The highest BCUT2D eigenvalue weighted by atomic mass is 32.1. The van der Waals surface area contributed by atoms with E-state index in [0.29, 0.717) is 30.7 Å². The third-order valence-corrected chi connectivity index (χ3v) is 7.39. The van der Waals surface area contributed by atoms with Crippen LogP contribution in [-0.2, 0) is 9.53 Å². The van der Waals surface area contributed by atoms with E-state index in [2.05, 4.69) is 9.88 Å². The van der Waals surface area contributed by atoms with E-state index in [1.54, 1.807) is 17.5 Å². The first-order valence-electron chi connectivity index (χ1n) is 11.3. The number of ether oxygens (including phenoxy) is 1. The highest BCUT2D eigenvalue weighted by molar-refractivity contribution is 7.13. The maximum atomic E-state index is 13.9. The van der Waals surface area contributed by atoms with Gasteiger partial charge in [0.25, 0.3) is 5.91 Å². The Labute approximate surface area is 202 Å². The SMILES string of the molecule is CN(C)C(c1cccc(F)c1)C1CCC(OC(=O)c2csc(-c3ccccc3)n2)(C(N)=O)CC1. The molecule has 3 aromatic rings. The first-order valence-corrected chi connectivity index (χ1v) is 12.1. The molecule has 1 fully saturated rings. The molecule has 1 aliphatic rings. The number of aromatic nitrogens is 1. The minimum atomic E-state index is -1.37. The van der Waals surface area contributed by atoms with Crippen molar-refractivity contribution in [1.29, 1.82) is 0 Å². The summed E-state index contributed by atoms with van der Waals surface area (Å²) in [4.78, 5) is 31.8. The summed E-state index contributed by atoms with van der Waals surface area (Å²) in [6, 6.07) is 16.1. The Morgan fingerprint density at radius 1 is 1.15 bits per heavy atom. The van der Waals surface area contributed by atoms with Crippen molar-refractivity contribution in [1.82, 2.24) is 9.88 Å². The largest absolute Gasteiger partial charge is 0.444 e. The molecule has 1 aliphatic carbocycles. The number of esters is 1. The molecule has 4 rings (SSSR count). The molecule has 0 aliphatic heterocycles. The second kappa shape index (κ2) is 10.0. The fourth-order valence-corrected chi connectivity index (χ4v) is 5.61. The minimum absolute atomic E-state index is 0.0238. The van der Waals surface area contributed by atoms with Gasteiger partial charge in [0, 0.05) is 17.0 Å². The molecule has 1 heterocycles. The lowest BCUT2D eigenvalue weighted by Crippen LogP contribution is -2.51. The van der Waals surface area contributed by atoms with Gasteiger partial charge >= 0.3 is 5.97 Å². The Kier molecular flexibility index (Phi) is 7.09. The smallest absolute Gasteiger partial charge is 0.358 e. The van der Waals surface area contributed by atoms with Crippen molar-refractivity contribution >= 4 is 23.2 Å². The van der Waals surface area contributed by atoms with Crippen LogP contribution < -0.4 is 5.73 Å². The molecule has 1 unspecified atom stereocenters. The number of carbonyl (C=O) groups is 2. The molecule has 0 bridgehead atoms. The standard InChI is InChI=1S/C26H28FN3O3S/c1-30(2)22(19-9-6-10-20(27)15-19)17-11-13-26(14-12-17,25(28)32)33-24(31)21-16-34-23(29-21)18-7-4-3-5-8-18/h3-10,15-17,22H,11-14H2,1-2H3,(H2,28,32). The van der Waals surface area contributed by atoms with Gasteiger partial charge in [-0.25, -0.2) is 14.2 Å². The maximum Gasteiger partial charge on any atom is 0.358 e. The lowest BCUT2D eigenvalue weighted by molar-refractivity contribution is -0.142. The summed E-state index contributed by atoms with van der Waals surface area (Å²) < 4.78 is 19.6. The van der Waals surface area contributed by atoms with Crippen molar-refractivity contribution < 1.29 is 18.7 Å². The number of thiazole rings is 1. The topological polar surface area (TPSA) is 85.5 Å². The lowest BCUT2D eigenvalue weighted by atomic mass is 9.73. The molecule has 0 radical (unpaired) electrons. The molecule has 1 amide bonds. The average Bonchev–Trinajstić information content (AvgIpc) is 3.31. The van der Waals surface area contributed by atoms with E-state index < -0.39 is 17.5 Å². The van der Waals surface area contributed by atoms with Gasteiger partial charge in [0.15, 0.2) is 11.3 Å². The summed E-state index contributed by atoms with van der Waals surface area (Å²) in [5.41, 5.74) is 6.33. The van der Waals surface area contributed by atoms with Gasteiger partial charge in [0.1, 0.15) is 10.8 Å². The zero-order valence-corrected chi connectivity index (χ0v) is 20.1. The van der Waals surface area contributed by atoms with Crippen LogP contribution in [0.1, 0.15) is 47.8 Å². The molecule has 1 atom stereocenters. The van der Waals surface area contributed by atoms with Crippen LogP contribution in [0.2, 0.25) is 0 Å². The van der Waals surface area contributed by atoms with E-state index in [0.717, 1.165) is 11.1 Å². The molecule has 1 saturated carbocycles. The van der Waals surface area contributed by atoms with E-state index in [-0.39, 0.29) is 23.5 Å². The first kappa shape index (κ1) is 24.0. The quantitative estimate of drug-likeness (QED) is 0.489. The van der Waals surface area contributed by atoms with Gasteiger partial charge in [0.2, 0.25) is 0 Å². The van der Waals surface area contributed by atoms with Crippen LogP contribution in [0.15, 0.2) is 60.0 Å². The van der Waals surface area contributed by atoms with Crippen LogP contribution in [-0.4, -0.2) is 41.5 Å². The van der Waals surface area contributed by atoms with Gasteiger partial charge < -0.3 is 15.4 Å². The molecule has 34 heavy (non-hydrogen) atoms. The summed E-state index contributed by atoms with van der Waals surface area (Å²) >= 11 is 1.34. The third-order valence-electron chi connectivity index (χ3n) is 6.50. The Hall–Kier alpha value is -3.10. The fraction of sp³-hybridized carbons (Fsp3) is 0.346. The van der Waals surface area contributed by atoms with Crippen molar-refractivity contribution in [3.05, 3.63) is 77.1 Å². The summed E-state index contributed by atoms with van der Waals surface area (Å²) in [6.07, 6.45) is 1.85. The highest BCUT2D eigenvalue weighted by Gasteiger charge is 2.46. The maximum absolute atomic E-state index is 13.9. The number of hydrogen-bond acceptors (Lipinski definition) is 6. The van der Waals surface area contributed by atoms with Gasteiger partial charge in [-0.1, -0.05) is 42.5 Å². The molecule has 0 spiro atoms. The van der Waals surface area contributed by atoms with Crippen molar-refractivity contribution in [2.45, 2.75) is 37.3 Å². The van der Waals surface area contributed by atoms with E-state index in [9.17, 15) is 14.0 Å². The van der Waals surface area contributed by atoms with Crippen LogP contribution in [0.3, 0.4) is 0 Å². The number of amides is 1. The van der Waals surface area contributed by atoms with E-state index in [4.69, 9.17) is 10.5 Å². The zero-order chi connectivity index (χ0) is 24.3. The second-order valence-electron chi connectivity index (χ2n) is 8.95. The van der Waals surface area contributed by atoms with Gasteiger partial charge in [-0.15, -0.1) is 11.3 Å². The van der Waals surface area contributed by atoms with Crippen LogP contribution in [0.25, 0.3) is 10.6 Å². The summed E-state index contributed by atoms with van der Waals surface area (Å²) in [5.74, 6) is -1.42. The number of nitrogens with zero attached hydrogens (tertiary/aromatic N) is 2. The summed E-state index contributed by atoms with van der Waals surface area (Å²) in [5, 5.41) is 2.34. The van der Waals surface area contributed by atoms with Crippen LogP contribution in [0.5, 0.6) is 0 Å². The second-order valence-corrected chi connectivity index (χ2v) is 9.81. The molecule has 2 aromatic carbocycles. The Balaban J connectivity index is 1.48. The zero-order valence-electron chi connectivity index (χ0n) is 19.2. The van der Waals surface area contributed by atoms with Crippen molar-refractivity contribution in [3.63, 3.8) is 0 Å². The average molecular weight is 482 g/mol. The number of hydrogen-bond donors (Lipinski definition) is 1. The van der Waals surface area contributed by atoms with Crippen molar-refractivity contribution in [3.8, 4) is 10.6 Å². The molecular formula is C26H28FN3O3S. The Bertz CT molecular complexity index is 1160. The number of carbonyl (C=O) groups excluding carboxylic acids is 2. The summed E-state index contributed by atoms with van der Waals surface area (Å²) in [6.45, 7) is 0. The Morgan fingerprint density at radius 2 is 1.85 bits per heavy atom. The van der Waals surface area contributed by atoms with Gasteiger partial charge in [-0.05, 0) is 63.4 Å². The van der Waals surface area contributed by atoms with Gasteiger partial charge in [-0.3, -0.25) is 4.79 Å². The fourth-order valence-electron chi connectivity index (χ4n) is 4.81. The van der Waals surface area contributed by atoms with E-state index in [1.165, 1.54) is 17.4 Å². The monoisotopic (exact) mass is 481 g/mol. The summed E-state index contributed by atoms with van der Waals surface area (Å²) in [7, 11) is 3.91. The molecule has 8 heteroatoms. The molecule has 178 valence electrons. The normalized spacial score (nSPS) is 21.2. The predicted octanol–water partition coefficient (Wildman–Crippen LogP) is 4.82. The molecule has 1 aromatic heterocycles. The molecule has 0 saturated heterocycles. The highest BCUT2D eigenvalue weighted by Crippen LogP contribution is 2.43. The van der Waals surface area contributed by atoms with E-state index >= 15 is 0 Å². The lowest BCUT2D eigenvalue weighted by Gasteiger charge is -2.41. The minimum Gasteiger partial charge on any atom is -0.444 e. The van der Waals surface area contributed by atoms with E-state index in [1.807, 2.05) is 50.5 Å².